The second kappa shape index (κ2) is 18.2. The quantitative estimate of drug-likeness (QED) is 0.184. The highest BCUT2D eigenvalue weighted by Crippen LogP contribution is 2.32. The van der Waals surface area contributed by atoms with Gasteiger partial charge in [-0.05, 0) is 25.7 Å². The second-order valence-electron chi connectivity index (χ2n) is 7.28. The number of rotatable bonds is 20. The zero-order valence-corrected chi connectivity index (χ0v) is 18.3. The third-order valence-electron chi connectivity index (χ3n) is 5.24. The minimum Gasteiger partial charge on any atom is -0.381 e. The Balaban J connectivity index is 4.20. The Bertz CT molecular complexity index is 271. The first-order valence-electron chi connectivity index (χ1n) is 10.9. The standard InChI is InChI=1S/C22H46O4/c1-6-8-10-12-13-14-17-21(22(23-3,24-4)25-5)18-16-20-26-19-15-11-9-7-2/h21H,6-20H2,1-5H3. The topological polar surface area (TPSA) is 36.9 Å². The van der Waals surface area contributed by atoms with Crippen LogP contribution in [0.15, 0.2) is 0 Å². The van der Waals surface area contributed by atoms with E-state index in [9.17, 15) is 0 Å². The summed E-state index contributed by atoms with van der Waals surface area (Å²) < 4.78 is 22.7. The van der Waals surface area contributed by atoms with E-state index in [0.717, 1.165) is 32.5 Å². The van der Waals surface area contributed by atoms with Crippen LogP contribution in [0.1, 0.15) is 97.3 Å². The van der Waals surface area contributed by atoms with E-state index in [1.54, 1.807) is 21.3 Å². The molecule has 0 saturated carbocycles. The summed E-state index contributed by atoms with van der Waals surface area (Å²) in [5.41, 5.74) is 0. The molecule has 0 fully saturated rings. The van der Waals surface area contributed by atoms with Gasteiger partial charge < -0.3 is 18.9 Å². The lowest BCUT2D eigenvalue weighted by atomic mass is 9.93. The molecule has 0 aromatic carbocycles. The average molecular weight is 375 g/mol. The van der Waals surface area contributed by atoms with Crippen molar-refractivity contribution in [1.29, 1.82) is 0 Å². The minimum absolute atomic E-state index is 0.234. The van der Waals surface area contributed by atoms with Gasteiger partial charge in [0.15, 0.2) is 0 Å². The molecule has 158 valence electrons. The maximum Gasteiger partial charge on any atom is 0.285 e. The summed E-state index contributed by atoms with van der Waals surface area (Å²) >= 11 is 0. The molecule has 0 bridgehead atoms. The Kier molecular flexibility index (Phi) is 18.1. The minimum atomic E-state index is -0.926. The SMILES string of the molecule is CCCCCCCCC(CCCOCCCCCC)C(OC)(OC)OC. The predicted molar refractivity (Wildman–Crippen MR) is 109 cm³/mol. The molecule has 4 heteroatoms. The van der Waals surface area contributed by atoms with Gasteiger partial charge in [-0.2, -0.15) is 0 Å². The van der Waals surface area contributed by atoms with E-state index in [1.165, 1.54) is 64.2 Å². The summed E-state index contributed by atoms with van der Waals surface area (Å²) in [7, 11) is 5.02. The van der Waals surface area contributed by atoms with Gasteiger partial charge >= 0.3 is 0 Å². The molecule has 0 radical (unpaired) electrons. The normalized spacial score (nSPS) is 13.3. The van der Waals surface area contributed by atoms with Gasteiger partial charge in [-0.1, -0.05) is 71.6 Å². The molecular formula is C22H46O4. The fraction of sp³-hybridized carbons (Fsp3) is 1.00. The first kappa shape index (κ1) is 25.8. The van der Waals surface area contributed by atoms with Crippen LogP contribution in [0.4, 0.5) is 0 Å². The molecule has 0 aliphatic rings. The zero-order chi connectivity index (χ0) is 19.5. The van der Waals surface area contributed by atoms with E-state index in [1.807, 2.05) is 0 Å². The molecular weight excluding hydrogens is 328 g/mol. The van der Waals surface area contributed by atoms with Crippen molar-refractivity contribution in [3.63, 3.8) is 0 Å². The molecule has 0 aromatic rings. The summed E-state index contributed by atoms with van der Waals surface area (Å²) in [6.07, 6.45) is 15.9. The van der Waals surface area contributed by atoms with E-state index in [0.29, 0.717) is 0 Å². The highest BCUT2D eigenvalue weighted by Gasteiger charge is 2.39. The van der Waals surface area contributed by atoms with Crippen molar-refractivity contribution < 1.29 is 18.9 Å². The monoisotopic (exact) mass is 374 g/mol. The molecule has 0 aliphatic heterocycles. The van der Waals surface area contributed by atoms with Gasteiger partial charge in [-0.3, -0.25) is 0 Å². The van der Waals surface area contributed by atoms with Crippen LogP contribution in [0.5, 0.6) is 0 Å². The Morgan fingerprint density at radius 1 is 0.577 bits per heavy atom. The Morgan fingerprint density at radius 2 is 1.04 bits per heavy atom. The molecule has 1 atom stereocenters. The zero-order valence-electron chi connectivity index (χ0n) is 18.3. The molecule has 0 N–H and O–H groups in total. The lowest BCUT2D eigenvalue weighted by Crippen LogP contribution is -2.44. The lowest BCUT2D eigenvalue weighted by molar-refractivity contribution is -0.380. The van der Waals surface area contributed by atoms with E-state index >= 15 is 0 Å². The first-order chi connectivity index (χ1) is 12.7. The molecule has 0 aliphatic carbocycles. The Labute approximate surface area is 163 Å². The van der Waals surface area contributed by atoms with Gasteiger partial charge in [0, 0.05) is 40.5 Å². The van der Waals surface area contributed by atoms with Gasteiger partial charge in [0.25, 0.3) is 5.97 Å². The number of methoxy groups -OCH3 is 3. The van der Waals surface area contributed by atoms with E-state index in [4.69, 9.17) is 18.9 Å². The number of ether oxygens (including phenoxy) is 4. The first-order valence-corrected chi connectivity index (χ1v) is 10.9. The van der Waals surface area contributed by atoms with E-state index in [-0.39, 0.29) is 5.92 Å². The molecule has 0 heterocycles. The maximum atomic E-state index is 5.79. The van der Waals surface area contributed by atoms with Gasteiger partial charge in [0.2, 0.25) is 0 Å². The maximum absolute atomic E-state index is 5.79. The third kappa shape index (κ3) is 11.5. The molecule has 26 heavy (non-hydrogen) atoms. The number of hydrogen-bond donors (Lipinski definition) is 0. The highest BCUT2D eigenvalue weighted by atomic mass is 16.9. The Morgan fingerprint density at radius 3 is 1.62 bits per heavy atom. The van der Waals surface area contributed by atoms with E-state index in [2.05, 4.69) is 13.8 Å². The molecule has 0 spiro atoms. The predicted octanol–water partition coefficient (Wildman–Crippen LogP) is 6.32. The van der Waals surface area contributed by atoms with Crippen LogP contribution in [-0.2, 0) is 18.9 Å². The lowest BCUT2D eigenvalue weighted by Gasteiger charge is -2.36. The van der Waals surface area contributed by atoms with Gasteiger partial charge in [0.1, 0.15) is 0 Å². The Hall–Kier alpha value is -0.160. The number of hydrogen-bond acceptors (Lipinski definition) is 4. The van der Waals surface area contributed by atoms with Gasteiger partial charge in [-0.25, -0.2) is 0 Å². The average Bonchev–Trinajstić information content (AvgIpc) is 2.67. The summed E-state index contributed by atoms with van der Waals surface area (Å²) in [6, 6.07) is 0. The van der Waals surface area contributed by atoms with Crippen LogP contribution in [-0.4, -0.2) is 40.5 Å². The summed E-state index contributed by atoms with van der Waals surface area (Å²) in [6.45, 7) is 6.18. The van der Waals surface area contributed by atoms with Crippen molar-refractivity contribution in [2.45, 2.75) is 103 Å². The number of unbranched alkanes of at least 4 members (excludes halogenated alkanes) is 8. The summed E-state index contributed by atoms with van der Waals surface area (Å²) in [5, 5.41) is 0. The van der Waals surface area contributed by atoms with Crippen LogP contribution in [0.25, 0.3) is 0 Å². The van der Waals surface area contributed by atoms with Crippen molar-refractivity contribution in [2.24, 2.45) is 5.92 Å². The third-order valence-corrected chi connectivity index (χ3v) is 5.24. The van der Waals surface area contributed by atoms with Gasteiger partial charge in [0.05, 0.1) is 0 Å². The van der Waals surface area contributed by atoms with Crippen molar-refractivity contribution in [2.75, 3.05) is 34.5 Å². The highest BCUT2D eigenvalue weighted by molar-refractivity contribution is 4.71. The molecule has 0 aromatic heterocycles. The largest absolute Gasteiger partial charge is 0.381 e. The van der Waals surface area contributed by atoms with Crippen molar-refractivity contribution in [1.82, 2.24) is 0 Å². The van der Waals surface area contributed by atoms with Gasteiger partial charge in [-0.15, -0.1) is 0 Å². The smallest absolute Gasteiger partial charge is 0.285 e. The molecule has 4 nitrogen and oxygen atoms in total. The van der Waals surface area contributed by atoms with Crippen molar-refractivity contribution in [3.05, 3.63) is 0 Å². The fourth-order valence-electron chi connectivity index (χ4n) is 3.58. The van der Waals surface area contributed by atoms with Crippen molar-refractivity contribution >= 4 is 0 Å². The molecule has 0 rings (SSSR count). The fourth-order valence-corrected chi connectivity index (χ4v) is 3.58. The van der Waals surface area contributed by atoms with Crippen LogP contribution in [0, 0.1) is 5.92 Å². The van der Waals surface area contributed by atoms with E-state index < -0.39 is 5.97 Å². The molecule has 0 amide bonds. The summed E-state index contributed by atoms with van der Waals surface area (Å²) in [5.74, 6) is -0.692. The molecule has 1 unspecified atom stereocenters. The van der Waals surface area contributed by atoms with Crippen LogP contribution in [0.3, 0.4) is 0 Å². The second-order valence-corrected chi connectivity index (χ2v) is 7.28. The van der Waals surface area contributed by atoms with Crippen LogP contribution in [0.2, 0.25) is 0 Å². The van der Waals surface area contributed by atoms with Crippen LogP contribution >= 0.6 is 0 Å². The van der Waals surface area contributed by atoms with Crippen LogP contribution < -0.4 is 0 Å². The molecule has 0 saturated heterocycles. The summed E-state index contributed by atoms with van der Waals surface area (Å²) in [4.78, 5) is 0. The van der Waals surface area contributed by atoms with Crippen molar-refractivity contribution in [3.8, 4) is 0 Å².